The molecule has 0 atom stereocenters. The van der Waals surface area contributed by atoms with E-state index in [9.17, 15) is 0 Å². The van der Waals surface area contributed by atoms with Crippen molar-refractivity contribution in [3.8, 4) is 0 Å². The molecular formula is C13H11Cl3N2O. The topological polar surface area (TPSA) is 37.5 Å². The molecule has 0 bridgehead atoms. The van der Waals surface area contributed by atoms with Gasteiger partial charge in [0.15, 0.2) is 0 Å². The van der Waals surface area contributed by atoms with E-state index >= 15 is 0 Å². The molecule has 1 heterocycles. The van der Waals surface area contributed by atoms with Crippen molar-refractivity contribution in [2.75, 3.05) is 5.43 Å². The van der Waals surface area contributed by atoms with E-state index in [2.05, 4.69) is 10.5 Å². The van der Waals surface area contributed by atoms with Crippen molar-refractivity contribution in [1.29, 1.82) is 0 Å². The minimum atomic E-state index is 0.407. The number of furan rings is 1. The van der Waals surface area contributed by atoms with Gasteiger partial charge >= 0.3 is 0 Å². The van der Waals surface area contributed by atoms with Crippen molar-refractivity contribution in [2.45, 2.75) is 13.8 Å². The summed E-state index contributed by atoms with van der Waals surface area (Å²) in [6.45, 7) is 3.69. The van der Waals surface area contributed by atoms with Crippen LogP contribution in [0.2, 0.25) is 15.1 Å². The smallest absolute Gasteiger partial charge is 0.149 e. The molecular weight excluding hydrogens is 307 g/mol. The van der Waals surface area contributed by atoms with Crippen LogP contribution in [0.15, 0.2) is 33.8 Å². The van der Waals surface area contributed by atoms with Gasteiger partial charge in [-0.3, -0.25) is 5.43 Å². The van der Waals surface area contributed by atoms with Crippen molar-refractivity contribution in [2.24, 2.45) is 5.10 Å². The van der Waals surface area contributed by atoms with Gasteiger partial charge in [0.2, 0.25) is 0 Å². The highest BCUT2D eigenvalue weighted by Gasteiger charge is 2.08. The van der Waals surface area contributed by atoms with Crippen LogP contribution in [0.1, 0.15) is 18.4 Å². The minimum Gasteiger partial charge on any atom is -0.460 e. The second-order valence-corrected chi connectivity index (χ2v) is 5.21. The van der Waals surface area contributed by atoms with Crippen molar-refractivity contribution in [1.82, 2.24) is 0 Å². The van der Waals surface area contributed by atoms with Crippen molar-refractivity contribution < 1.29 is 4.42 Å². The highest BCUT2D eigenvalue weighted by atomic mass is 35.5. The molecule has 1 aromatic heterocycles. The van der Waals surface area contributed by atoms with Gasteiger partial charge in [0.05, 0.1) is 15.7 Å². The summed E-state index contributed by atoms with van der Waals surface area (Å²) < 4.78 is 5.46. The summed E-state index contributed by atoms with van der Waals surface area (Å²) in [5.41, 5.74) is 4.02. The average Bonchev–Trinajstić information content (AvgIpc) is 2.74. The molecule has 2 aromatic rings. The molecule has 3 nitrogen and oxygen atoms in total. The van der Waals surface area contributed by atoms with E-state index in [1.165, 1.54) is 0 Å². The van der Waals surface area contributed by atoms with Gasteiger partial charge in [-0.15, -0.1) is 0 Å². The maximum absolute atomic E-state index is 6.04. The molecule has 19 heavy (non-hydrogen) atoms. The Labute approximate surface area is 126 Å². The number of nitrogens with one attached hydrogen (secondary N) is 1. The summed E-state index contributed by atoms with van der Waals surface area (Å²) >= 11 is 17.9. The Morgan fingerprint density at radius 3 is 2.32 bits per heavy atom. The number of hydrogen-bond donors (Lipinski definition) is 1. The molecule has 0 aliphatic carbocycles. The monoisotopic (exact) mass is 316 g/mol. The fourth-order valence-electron chi connectivity index (χ4n) is 1.47. The first-order valence-electron chi connectivity index (χ1n) is 5.49. The molecule has 6 heteroatoms. The molecule has 0 unspecified atom stereocenters. The first kappa shape index (κ1) is 14.3. The number of halogens is 3. The maximum atomic E-state index is 6.04. The lowest BCUT2D eigenvalue weighted by Crippen LogP contribution is -1.99. The third-order valence-electron chi connectivity index (χ3n) is 2.44. The van der Waals surface area contributed by atoms with Crippen LogP contribution in [0.4, 0.5) is 5.69 Å². The van der Waals surface area contributed by atoms with E-state index < -0.39 is 0 Å². The van der Waals surface area contributed by atoms with Crippen LogP contribution in [0.25, 0.3) is 0 Å². The Balaban J connectivity index is 2.23. The van der Waals surface area contributed by atoms with Gasteiger partial charge in [0.1, 0.15) is 17.2 Å². The number of rotatable bonds is 3. The summed E-state index contributed by atoms with van der Waals surface area (Å²) in [4.78, 5) is 0. The Kier molecular flexibility index (Phi) is 4.40. The van der Waals surface area contributed by atoms with E-state index in [1.807, 2.05) is 26.0 Å². The predicted octanol–water partition coefficient (Wildman–Crippen LogP) is 5.38. The van der Waals surface area contributed by atoms with Crippen LogP contribution in [-0.2, 0) is 0 Å². The molecule has 0 aliphatic heterocycles. The van der Waals surface area contributed by atoms with Gasteiger partial charge in [0, 0.05) is 5.02 Å². The van der Waals surface area contributed by atoms with Gasteiger partial charge < -0.3 is 4.42 Å². The van der Waals surface area contributed by atoms with Crippen LogP contribution in [0.3, 0.4) is 0 Å². The number of hydrogen-bond acceptors (Lipinski definition) is 3. The molecule has 1 aromatic carbocycles. The van der Waals surface area contributed by atoms with Crippen LogP contribution >= 0.6 is 34.8 Å². The molecule has 0 spiro atoms. The molecule has 0 saturated carbocycles. The molecule has 2 rings (SSSR count). The SMILES string of the molecule is C/C(=N/Nc1c(Cl)cc(Cl)cc1Cl)c1ccc(C)o1. The molecule has 0 amide bonds. The zero-order valence-electron chi connectivity index (χ0n) is 10.3. The predicted molar refractivity (Wildman–Crippen MR) is 80.8 cm³/mol. The summed E-state index contributed by atoms with van der Waals surface area (Å²) in [5.74, 6) is 1.51. The lowest BCUT2D eigenvalue weighted by Gasteiger charge is -2.07. The molecule has 0 aliphatic rings. The van der Waals surface area contributed by atoms with Gasteiger partial charge in [-0.2, -0.15) is 5.10 Å². The van der Waals surface area contributed by atoms with E-state index in [0.717, 1.165) is 5.76 Å². The van der Waals surface area contributed by atoms with E-state index in [-0.39, 0.29) is 0 Å². The second-order valence-electron chi connectivity index (χ2n) is 3.96. The summed E-state index contributed by atoms with van der Waals surface area (Å²) in [7, 11) is 0. The molecule has 0 fully saturated rings. The Hall–Kier alpha value is -1.16. The molecule has 0 saturated heterocycles. The first-order chi connectivity index (χ1) is 8.97. The van der Waals surface area contributed by atoms with Crippen molar-refractivity contribution in [3.05, 3.63) is 50.9 Å². The van der Waals surface area contributed by atoms with Crippen LogP contribution in [-0.4, -0.2) is 5.71 Å². The second kappa shape index (κ2) is 5.87. The van der Waals surface area contributed by atoms with Crippen molar-refractivity contribution in [3.63, 3.8) is 0 Å². The largest absolute Gasteiger partial charge is 0.460 e. The number of nitrogens with zero attached hydrogens (tertiary/aromatic N) is 1. The fourth-order valence-corrected chi connectivity index (χ4v) is 2.37. The standard InChI is InChI=1S/C13H11Cl3N2O/c1-7-3-4-12(19-7)8(2)17-18-13-10(15)5-9(14)6-11(13)16/h3-6,18H,1-2H3/b17-8-. The lowest BCUT2D eigenvalue weighted by atomic mass is 10.3. The normalized spacial score (nSPS) is 11.7. The third-order valence-corrected chi connectivity index (χ3v) is 3.25. The summed E-state index contributed by atoms with van der Waals surface area (Å²) in [6, 6.07) is 6.91. The number of aryl methyl sites for hydroxylation is 1. The van der Waals surface area contributed by atoms with Crippen molar-refractivity contribution >= 4 is 46.2 Å². The van der Waals surface area contributed by atoms with Gasteiger partial charge in [0.25, 0.3) is 0 Å². The van der Waals surface area contributed by atoms with Gasteiger partial charge in [-0.25, -0.2) is 0 Å². The summed E-state index contributed by atoms with van der Waals surface area (Å²) in [6.07, 6.45) is 0. The Morgan fingerprint density at radius 2 is 1.79 bits per heavy atom. The first-order valence-corrected chi connectivity index (χ1v) is 6.62. The molecule has 100 valence electrons. The Morgan fingerprint density at radius 1 is 1.16 bits per heavy atom. The quantitative estimate of drug-likeness (QED) is 0.609. The van der Waals surface area contributed by atoms with E-state index in [1.54, 1.807) is 12.1 Å². The highest BCUT2D eigenvalue weighted by molar-refractivity contribution is 6.41. The zero-order chi connectivity index (χ0) is 14.0. The molecule has 0 radical (unpaired) electrons. The fraction of sp³-hybridized carbons (Fsp3) is 0.154. The third kappa shape index (κ3) is 3.44. The van der Waals surface area contributed by atoms with Crippen LogP contribution < -0.4 is 5.43 Å². The number of benzene rings is 1. The van der Waals surface area contributed by atoms with Crippen LogP contribution in [0, 0.1) is 6.92 Å². The van der Waals surface area contributed by atoms with Gasteiger partial charge in [-0.1, -0.05) is 34.8 Å². The average molecular weight is 318 g/mol. The maximum Gasteiger partial charge on any atom is 0.149 e. The highest BCUT2D eigenvalue weighted by Crippen LogP contribution is 2.33. The number of anilines is 1. The molecule has 1 N–H and O–H groups in total. The summed E-state index contributed by atoms with van der Waals surface area (Å²) in [5, 5.41) is 5.48. The van der Waals surface area contributed by atoms with E-state index in [4.69, 9.17) is 39.2 Å². The minimum absolute atomic E-state index is 0.407. The lowest BCUT2D eigenvalue weighted by molar-refractivity contribution is 0.525. The van der Waals surface area contributed by atoms with Gasteiger partial charge in [-0.05, 0) is 38.1 Å². The Bertz CT molecular complexity index is 612. The van der Waals surface area contributed by atoms with Crippen LogP contribution in [0.5, 0.6) is 0 Å². The number of hydrazone groups is 1. The zero-order valence-corrected chi connectivity index (χ0v) is 12.6. The van der Waals surface area contributed by atoms with E-state index in [0.29, 0.717) is 32.2 Å².